The zero-order valence-corrected chi connectivity index (χ0v) is 12.9. The monoisotopic (exact) mass is 276 g/mol. The fraction of sp³-hybridized carbons (Fsp3) is 0.688. The van der Waals surface area contributed by atoms with Crippen LogP contribution < -0.4 is 10.2 Å². The Kier molecular flexibility index (Phi) is 6.27. The Morgan fingerprint density at radius 2 is 2.00 bits per heavy atom. The summed E-state index contributed by atoms with van der Waals surface area (Å²) in [6.07, 6.45) is 4.31. The van der Waals surface area contributed by atoms with Crippen LogP contribution in [0.1, 0.15) is 26.7 Å². The Balaban J connectivity index is 1.67. The summed E-state index contributed by atoms with van der Waals surface area (Å²) in [5.41, 5.74) is 0. The Bertz CT molecular complexity index is 356. The maximum Gasteiger partial charge on any atom is 0.128 e. The molecule has 0 atom stereocenters. The summed E-state index contributed by atoms with van der Waals surface area (Å²) in [6, 6.07) is 6.82. The highest BCUT2D eigenvalue weighted by atomic mass is 15.2. The molecule has 1 saturated heterocycles. The van der Waals surface area contributed by atoms with Crippen molar-refractivity contribution >= 4 is 5.82 Å². The molecule has 1 aromatic heterocycles. The molecule has 20 heavy (non-hydrogen) atoms. The van der Waals surface area contributed by atoms with Gasteiger partial charge in [-0.1, -0.05) is 19.9 Å². The van der Waals surface area contributed by atoms with E-state index < -0.39 is 0 Å². The van der Waals surface area contributed by atoms with Gasteiger partial charge < -0.3 is 15.1 Å². The van der Waals surface area contributed by atoms with E-state index in [0.717, 1.165) is 45.1 Å². The number of nitrogens with one attached hydrogen (secondary N) is 1. The highest BCUT2D eigenvalue weighted by Gasteiger charge is 2.19. The van der Waals surface area contributed by atoms with E-state index in [1.807, 2.05) is 12.3 Å². The summed E-state index contributed by atoms with van der Waals surface area (Å²) in [5.74, 6) is 1.12. The molecule has 1 aliphatic rings. The number of aromatic nitrogens is 1. The van der Waals surface area contributed by atoms with Crippen molar-refractivity contribution in [3.8, 4) is 0 Å². The second-order valence-electron chi connectivity index (χ2n) is 5.43. The molecular formula is C16H28N4. The molecule has 4 heteroatoms. The number of likely N-dealkylation sites (N-methyl/N-ethyl adjacent to an activating group) is 1. The first-order valence-corrected chi connectivity index (χ1v) is 7.95. The van der Waals surface area contributed by atoms with Gasteiger partial charge in [-0.3, -0.25) is 0 Å². The fourth-order valence-electron chi connectivity index (χ4n) is 2.82. The van der Waals surface area contributed by atoms with Crippen molar-refractivity contribution in [1.82, 2.24) is 15.2 Å². The van der Waals surface area contributed by atoms with E-state index in [2.05, 4.69) is 46.1 Å². The minimum atomic E-state index is 0.672. The van der Waals surface area contributed by atoms with Crippen molar-refractivity contribution in [1.29, 1.82) is 0 Å². The number of piperidine rings is 1. The van der Waals surface area contributed by atoms with E-state index in [-0.39, 0.29) is 0 Å². The van der Waals surface area contributed by atoms with Gasteiger partial charge >= 0.3 is 0 Å². The molecule has 0 unspecified atom stereocenters. The van der Waals surface area contributed by atoms with E-state index in [1.165, 1.54) is 12.8 Å². The SMILES string of the molecule is CCN(CC)CCNC1CCN(c2ccccn2)CC1. The first kappa shape index (κ1) is 15.3. The summed E-state index contributed by atoms with van der Waals surface area (Å²) in [6.45, 7) is 11.2. The van der Waals surface area contributed by atoms with Crippen molar-refractivity contribution in [2.75, 3.05) is 44.2 Å². The minimum Gasteiger partial charge on any atom is -0.357 e. The number of nitrogens with zero attached hydrogens (tertiary/aromatic N) is 3. The third-order valence-corrected chi connectivity index (χ3v) is 4.22. The number of anilines is 1. The van der Waals surface area contributed by atoms with Crippen LogP contribution in [0.4, 0.5) is 5.82 Å². The highest BCUT2D eigenvalue weighted by molar-refractivity contribution is 5.38. The smallest absolute Gasteiger partial charge is 0.128 e. The molecule has 1 aromatic rings. The lowest BCUT2D eigenvalue weighted by molar-refractivity contribution is 0.290. The highest BCUT2D eigenvalue weighted by Crippen LogP contribution is 2.16. The zero-order chi connectivity index (χ0) is 14.2. The second-order valence-corrected chi connectivity index (χ2v) is 5.43. The maximum absolute atomic E-state index is 4.43. The molecule has 0 amide bonds. The summed E-state index contributed by atoms with van der Waals surface area (Å²) < 4.78 is 0. The number of pyridine rings is 1. The lowest BCUT2D eigenvalue weighted by atomic mass is 10.1. The number of hydrogen-bond donors (Lipinski definition) is 1. The molecule has 0 radical (unpaired) electrons. The van der Waals surface area contributed by atoms with Crippen LogP contribution in [-0.2, 0) is 0 Å². The van der Waals surface area contributed by atoms with Gasteiger partial charge in [0, 0.05) is 38.4 Å². The van der Waals surface area contributed by atoms with Gasteiger partial charge in [0.1, 0.15) is 5.82 Å². The van der Waals surface area contributed by atoms with E-state index in [1.54, 1.807) is 0 Å². The molecule has 0 aromatic carbocycles. The quantitative estimate of drug-likeness (QED) is 0.825. The average molecular weight is 276 g/mol. The Morgan fingerprint density at radius 3 is 2.60 bits per heavy atom. The van der Waals surface area contributed by atoms with E-state index in [0.29, 0.717) is 6.04 Å². The van der Waals surface area contributed by atoms with Gasteiger partial charge in [0.05, 0.1) is 0 Å². The zero-order valence-electron chi connectivity index (χ0n) is 12.9. The molecule has 112 valence electrons. The predicted octanol–water partition coefficient (Wildman–Crippen LogP) is 1.98. The van der Waals surface area contributed by atoms with Gasteiger partial charge in [-0.25, -0.2) is 4.98 Å². The Hall–Kier alpha value is -1.13. The summed E-state index contributed by atoms with van der Waals surface area (Å²) in [7, 11) is 0. The number of rotatable bonds is 7. The second kappa shape index (κ2) is 8.22. The molecule has 0 spiro atoms. The normalized spacial score (nSPS) is 16.9. The molecule has 1 fully saturated rings. The van der Waals surface area contributed by atoms with E-state index in [9.17, 15) is 0 Å². The third-order valence-electron chi connectivity index (χ3n) is 4.22. The first-order chi connectivity index (χ1) is 9.83. The lowest BCUT2D eigenvalue weighted by Gasteiger charge is -2.33. The minimum absolute atomic E-state index is 0.672. The molecule has 0 bridgehead atoms. The molecule has 1 aliphatic heterocycles. The van der Waals surface area contributed by atoms with E-state index >= 15 is 0 Å². The van der Waals surface area contributed by atoms with Crippen LogP contribution in [0.25, 0.3) is 0 Å². The predicted molar refractivity (Wildman–Crippen MR) is 85.3 cm³/mol. The summed E-state index contributed by atoms with van der Waals surface area (Å²) in [5, 5.41) is 3.70. The van der Waals surface area contributed by atoms with Gasteiger partial charge in [-0.15, -0.1) is 0 Å². The largest absolute Gasteiger partial charge is 0.357 e. The Labute approximate surface area is 123 Å². The Morgan fingerprint density at radius 1 is 1.25 bits per heavy atom. The van der Waals surface area contributed by atoms with Gasteiger partial charge in [0.2, 0.25) is 0 Å². The van der Waals surface area contributed by atoms with Gasteiger partial charge in [-0.2, -0.15) is 0 Å². The average Bonchev–Trinajstić information content (AvgIpc) is 2.53. The van der Waals surface area contributed by atoms with Gasteiger partial charge in [0.15, 0.2) is 0 Å². The molecule has 1 N–H and O–H groups in total. The first-order valence-electron chi connectivity index (χ1n) is 7.95. The van der Waals surface area contributed by atoms with Crippen molar-refractivity contribution in [3.05, 3.63) is 24.4 Å². The molecular weight excluding hydrogens is 248 g/mol. The molecule has 2 rings (SSSR count). The molecule has 4 nitrogen and oxygen atoms in total. The third kappa shape index (κ3) is 4.46. The summed E-state index contributed by atoms with van der Waals surface area (Å²) >= 11 is 0. The van der Waals surface area contributed by atoms with Crippen LogP contribution in [0.3, 0.4) is 0 Å². The van der Waals surface area contributed by atoms with Crippen molar-refractivity contribution < 1.29 is 0 Å². The van der Waals surface area contributed by atoms with Crippen molar-refractivity contribution in [2.24, 2.45) is 0 Å². The molecule has 0 aliphatic carbocycles. The lowest BCUT2D eigenvalue weighted by Crippen LogP contribution is -2.45. The fourth-order valence-corrected chi connectivity index (χ4v) is 2.82. The van der Waals surface area contributed by atoms with Crippen molar-refractivity contribution in [3.63, 3.8) is 0 Å². The maximum atomic E-state index is 4.43. The van der Waals surface area contributed by atoms with Gasteiger partial charge in [0.25, 0.3) is 0 Å². The molecule has 0 saturated carbocycles. The van der Waals surface area contributed by atoms with Crippen LogP contribution in [0.2, 0.25) is 0 Å². The van der Waals surface area contributed by atoms with Crippen LogP contribution in [-0.4, -0.2) is 55.2 Å². The molecule has 2 heterocycles. The summed E-state index contributed by atoms with van der Waals surface area (Å²) in [4.78, 5) is 9.29. The van der Waals surface area contributed by atoms with Crippen LogP contribution in [0.5, 0.6) is 0 Å². The standard InChI is InChI=1S/C16H28N4/c1-3-19(4-2)14-11-17-15-8-12-20(13-9-15)16-7-5-6-10-18-16/h5-7,10,15,17H,3-4,8-9,11-14H2,1-2H3. The van der Waals surface area contributed by atoms with Crippen LogP contribution >= 0.6 is 0 Å². The van der Waals surface area contributed by atoms with E-state index in [4.69, 9.17) is 0 Å². The van der Waals surface area contributed by atoms with Crippen molar-refractivity contribution in [2.45, 2.75) is 32.7 Å². The topological polar surface area (TPSA) is 31.4 Å². The van der Waals surface area contributed by atoms with Gasteiger partial charge in [-0.05, 0) is 38.1 Å². The number of hydrogen-bond acceptors (Lipinski definition) is 4. The van der Waals surface area contributed by atoms with Crippen LogP contribution in [0, 0.1) is 0 Å². The van der Waals surface area contributed by atoms with Crippen LogP contribution in [0.15, 0.2) is 24.4 Å².